The van der Waals surface area contributed by atoms with Gasteiger partial charge < -0.3 is 20.1 Å². The zero-order valence-electron chi connectivity index (χ0n) is 11.6. The van der Waals surface area contributed by atoms with Gasteiger partial charge in [-0.3, -0.25) is 4.79 Å². The summed E-state index contributed by atoms with van der Waals surface area (Å²) in [5.74, 6) is -0.639. The summed E-state index contributed by atoms with van der Waals surface area (Å²) < 4.78 is 45.2. The molecule has 1 fully saturated rings. The molecular formula is C13H16ClF3N2O3. The SMILES string of the molecule is C[C@H]1OCCN[C@@H]1C(=O)Nc1ccc(OC(F)(F)F)cc1.Cl. The van der Waals surface area contributed by atoms with Crippen molar-refractivity contribution in [3.63, 3.8) is 0 Å². The smallest absolute Gasteiger partial charge is 0.406 e. The third-order valence-corrected chi connectivity index (χ3v) is 2.95. The highest BCUT2D eigenvalue weighted by Gasteiger charge is 2.31. The van der Waals surface area contributed by atoms with E-state index in [2.05, 4.69) is 15.4 Å². The van der Waals surface area contributed by atoms with Gasteiger partial charge >= 0.3 is 6.36 Å². The van der Waals surface area contributed by atoms with Crippen LogP contribution in [0.2, 0.25) is 0 Å². The van der Waals surface area contributed by atoms with Gasteiger partial charge in [-0.2, -0.15) is 0 Å². The number of hydrogen-bond acceptors (Lipinski definition) is 4. The van der Waals surface area contributed by atoms with Crippen molar-refractivity contribution in [2.24, 2.45) is 0 Å². The van der Waals surface area contributed by atoms with E-state index in [1.807, 2.05) is 0 Å². The number of hydrogen-bond donors (Lipinski definition) is 2. The largest absolute Gasteiger partial charge is 0.573 e. The Balaban J connectivity index is 0.00000242. The van der Waals surface area contributed by atoms with Gasteiger partial charge in [0, 0.05) is 12.2 Å². The minimum Gasteiger partial charge on any atom is -0.406 e. The number of nitrogens with one attached hydrogen (secondary N) is 2. The summed E-state index contributed by atoms with van der Waals surface area (Å²) in [4.78, 5) is 12.0. The van der Waals surface area contributed by atoms with Crippen molar-refractivity contribution in [3.8, 4) is 5.75 Å². The highest BCUT2D eigenvalue weighted by atomic mass is 35.5. The molecule has 0 aliphatic carbocycles. The second-order valence-electron chi connectivity index (χ2n) is 4.57. The van der Waals surface area contributed by atoms with Crippen LogP contribution in [-0.2, 0) is 9.53 Å². The molecular weight excluding hydrogens is 325 g/mol. The molecule has 1 saturated heterocycles. The zero-order valence-corrected chi connectivity index (χ0v) is 12.5. The molecule has 0 saturated carbocycles. The molecule has 0 radical (unpaired) electrons. The number of ether oxygens (including phenoxy) is 2. The Bertz CT molecular complexity index is 496. The van der Waals surface area contributed by atoms with E-state index in [0.717, 1.165) is 12.1 Å². The summed E-state index contributed by atoms with van der Waals surface area (Å²) in [6.45, 7) is 2.88. The first kappa shape index (κ1) is 18.5. The molecule has 0 bridgehead atoms. The first-order valence-corrected chi connectivity index (χ1v) is 6.37. The number of rotatable bonds is 3. The highest BCUT2D eigenvalue weighted by molar-refractivity contribution is 5.95. The molecule has 0 aromatic heterocycles. The van der Waals surface area contributed by atoms with Gasteiger partial charge in [-0.25, -0.2) is 0 Å². The molecule has 124 valence electrons. The maximum Gasteiger partial charge on any atom is 0.573 e. The fourth-order valence-electron chi connectivity index (χ4n) is 1.99. The summed E-state index contributed by atoms with van der Waals surface area (Å²) in [6.07, 6.45) is -5.00. The Kier molecular flexibility index (Phi) is 6.46. The quantitative estimate of drug-likeness (QED) is 0.886. The van der Waals surface area contributed by atoms with Crippen molar-refractivity contribution >= 4 is 24.0 Å². The standard InChI is InChI=1S/C13H15F3N2O3.ClH/c1-8-11(17-6-7-20-8)12(19)18-9-2-4-10(5-3-9)21-13(14,15)16;/h2-5,8,11,17H,6-7H2,1H3,(H,18,19);1H/t8-,11+;/m1./s1. The Labute approximate surface area is 131 Å². The van der Waals surface area contributed by atoms with Crippen LogP contribution in [0.1, 0.15) is 6.92 Å². The Morgan fingerprint density at radius 1 is 1.36 bits per heavy atom. The van der Waals surface area contributed by atoms with E-state index in [9.17, 15) is 18.0 Å². The molecule has 2 N–H and O–H groups in total. The van der Waals surface area contributed by atoms with Crippen LogP contribution in [0, 0.1) is 0 Å². The molecule has 22 heavy (non-hydrogen) atoms. The van der Waals surface area contributed by atoms with Crippen LogP contribution in [0.3, 0.4) is 0 Å². The lowest BCUT2D eigenvalue weighted by Gasteiger charge is -2.29. The van der Waals surface area contributed by atoms with Gasteiger partial charge in [0.2, 0.25) is 5.91 Å². The maximum atomic E-state index is 12.0. The van der Waals surface area contributed by atoms with Crippen LogP contribution in [0.25, 0.3) is 0 Å². The first-order chi connectivity index (χ1) is 9.85. The topological polar surface area (TPSA) is 59.6 Å². The molecule has 1 aliphatic rings. The number of carbonyl (C=O) groups excluding carboxylic acids is 1. The molecule has 1 aliphatic heterocycles. The molecule has 5 nitrogen and oxygen atoms in total. The van der Waals surface area contributed by atoms with Crippen LogP contribution < -0.4 is 15.4 Å². The molecule has 1 amide bonds. The van der Waals surface area contributed by atoms with E-state index in [4.69, 9.17) is 4.74 Å². The Morgan fingerprint density at radius 3 is 2.55 bits per heavy atom. The number of alkyl halides is 3. The van der Waals surface area contributed by atoms with Crippen molar-refractivity contribution in [2.45, 2.75) is 25.4 Å². The summed E-state index contributed by atoms with van der Waals surface area (Å²) >= 11 is 0. The second-order valence-corrected chi connectivity index (χ2v) is 4.57. The number of carbonyl (C=O) groups is 1. The zero-order chi connectivity index (χ0) is 15.5. The fraction of sp³-hybridized carbons (Fsp3) is 0.462. The highest BCUT2D eigenvalue weighted by Crippen LogP contribution is 2.24. The van der Waals surface area contributed by atoms with Crippen LogP contribution >= 0.6 is 12.4 Å². The van der Waals surface area contributed by atoms with Gasteiger partial charge in [0.25, 0.3) is 0 Å². The predicted octanol–water partition coefficient (Wildman–Crippen LogP) is 2.32. The van der Waals surface area contributed by atoms with Crippen LogP contribution in [0.15, 0.2) is 24.3 Å². The summed E-state index contributed by atoms with van der Waals surface area (Å²) in [5, 5.41) is 5.63. The summed E-state index contributed by atoms with van der Waals surface area (Å²) in [6, 6.07) is 4.46. The van der Waals surface area contributed by atoms with Crippen LogP contribution in [-0.4, -0.2) is 37.6 Å². The van der Waals surface area contributed by atoms with Gasteiger partial charge in [-0.1, -0.05) is 0 Å². The second kappa shape index (κ2) is 7.66. The molecule has 1 heterocycles. The summed E-state index contributed by atoms with van der Waals surface area (Å²) in [7, 11) is 0. The van der Waals surface area contributed by atoms with E-state index >= 15 is 0 Å². The van der Waals surface area contributed by atoms with E-state index < -0.39 is 12.4 Å². The van der Waals surface area contributed by atoms with E-state index in [1.165, 1.54) is 12.1 Å². The molecule has 0 spiro atoms. The molecule has 1 aromatic carbocycles. The predicted molar refractivity (Wildman–Crippen MR) is 76.2 cm³/mol. The van der Waals surface area contributed by atoms with Crippen molar-refractivity contribution in [1.82, 2.24) is 5.32 Å². The normalized spacial score (nSPS) is 21.6. The van der Waals surface area contributed by atoms with Crippen molar-refractivity contribution in [1.29, 1.82) is 0 Å². The van der Waals surface area contributed by atoms with E-state index in [-0.39, 0.29) is 30.2 Å². The van der Waals surface area contributed by atoms with Gasteiger partial charge in [-0.05, 0) is 31.2 Å². The minimum atomic E-state index is -4.73. The number of anilines is 1. The third-order valence-electron chi connectivity index (χ3n) is 2.95. The van der Waals surface area contributed by atoms with Crippen molar-refractivity contribution < 1.29 is 27.4 Å². The number of halogens is 4. The van der Waals surface area contributed by atoms with Gasteiger partial charge in [-0.15, -0.1) is 25.6 Å². The lowest BCUT2D eigenvalue weighted by molar-refractivity contribution is -0.274. The monoisotopic (exact) mass is 340 g/mol. The lowest BCUT2D eigenvalue weighted by atomic mass is 10.1. The number of benzene rings is 1. The summed E-state index contributed by atoms with van der Waals surface area (Å²) in [5.41, 5.74) is 0.383. The molecule has 9 heteroatoms. The average molecular weight is 341 g/mol. The lowest BCUT2D eigenvalue weighted by Crippen LogP contribution is -2.53. The van der Waals surface area contributed by atoms with Crippen molar-refractivity contribution in [2.75, 3.05) is 18.5 Å². The Morgan fingerprint density at radius 2 is 2.00 bits per heavy atom. The van der Waals surface area contributed by atoms with E-state index in [1.54, 1.807) is 6.92 Å². The maximum absolute atomic E-state index is 12.0. The fourth-order valence-corrected chi connectivity index (χ4v) is 1.99. The van der Waals surface area contributed by atoms with Crippen LogP contribution in [0.5, 0.6) is 5.75 Å². The average Bonchev–Trinajstić information content (AvgIpc) is 2.40. The van der Waals surface area contributed by atoms with Gasteiger partial charge in [0.1, 0.15) is 11.8 Å². The third kappa shape index (κ3) is 5.36. The molecule has 1 aromatic rings. The van der Waals surface area contributed by atoms with Gasteiger partial charge in [0.15, 0.2) is 0 Å². The number of morpholine rings is 1. The van der Waals surface area contributed by atoms with E-state index in [0.29, 0.717) is 18.8 Å². The number of amides is 1. The Hall–Kier alpha value is -1.51. The van der Waals surface area contributed by atoms with Crippen molar-refractivity contribution in [3.05, 3.63) is 24.3 Å². The first-order valence-electron chi connectivity index (χ1n) is 6.37. The van der Waals surface area contributed by atoms with Crippen LogP contribution in [0.4, 0.5) is 18.9 Å². The molecule has 0 unspecified atom stereocenters. The molecule has 2 atom stereocenters. The molecule has 2 rings (SSSR count). The minimum absolute atomic E-state index is 0. The van der Waals surface area contributed by atoms with Gasteiger partial charge in [0.05, 0.1) is 12.7 Å².